The molecule has 0 radical (unpaired) electrons. The smallest absolute Gasteiger partial charge is 0.247 e. The van der Waals surface area contributed by atoms with Gasteiger partial charge in [-0.05, 0) is 49.6 Å². The Morgan fingerprint density at radius 2 is 1.86 bits per heavy atom. The standard InChI is InChI=1S/C26H30N6O4/c1-17-7-10-20(11-8-17)25-28-30-32(29-25)15-24(33)31(18(2)26(34)27-21-5-3-4-6-21)14-19-9-12-22-23(13-19)36-16-35-22/h7-13,18,21H,3-6,14-16H2,1-2H3,(H,27,34). The number of hydrogen-bond acceptors (Lipinski definition) is 7. The van der Waals surface area contributed by atoms with Crippen LogP contribution >= 0.6 is 0 Å². The van der Waals surface area contributed by atoms with Gasteiger partial charge in [-0.15, -0.1) is 10.2 Å². The van der Waals surface area contributed by atoms with Gasteiger partial charge in [-0.3, -0.25) is 9.59 Å². The molecule has 0 spiro atoms. The monoisotopic (exact) mass is 490 g/mol. The number of nitrogens with one attached hydrogen (secondary N) is 1. The van der Waals surface area contributed by atoms with Crippen molar-refractivity contribution in [3.05, 3.63) is 53.6 Å². The maximum atomic E-state index is 13.5. The van der Waals surface area contributed by atoms with Crippen LogP contribution in [0, 0.1) is 6.92 Å². The number of fused-ring (bicyclic) bond motifs is 1. The lowest BCUT2D eigenvalue weighted by molar-refractivity contribution is -0.141. The van der Waals surface area contributed by atoms with E-state index >= 15 is 0 Å². The Morgan fingerprint density at radius 1 is 1.11 bits per heavy atom. The van der Waals surface area contributed by atoms with Crippen molar-refractivity contribution >= 4 is 11.8 Å². The highest BCUT2D eigenvalue weighted by Crippen LogP contribution is 2.33. The predicted molar refractivity (Wildman–Crippen MR) is 131 cm³/mol. The topological polar surface area (TPSA) is 111 Å². The van der Waals surface area contributed by atoms with E-state index in [0.29, 0.717) is 17.3 Å². The molecule has 1 saturated carbocycles. The van der Waals surface area contributed by atoms with E-state index in [9.17, 15) is 9.59 Å². The van der Waals surface area contributed by atoms with E-state index < -0.39 is 6.04 Å². The van der Waals surface area contributed by atoms with Crippen LogP contribution in [0.5, 0.6) is 11.5 Å². The molecule has 1 aromatic heterocycles. The molecule has 10 heteroatoms. The third kappa shape index (κ3) is 5.32. The van der Waals surface area contributed by atoms with Gasteiger partial charge in [-0.1, -0.05) is 48.7 Å². The zero-order valence-corrected chi connectivity index (χ0v) is 20.5. The lowest BCUT2D eigenvalue weighted by Crippen LogP contribution is -2.50. The molecule has 36 heavy (non-hydrogen) atoms. The summed E-state index contributed by atoms with van der Waals surface area (Å²) >= 11 is 0. The lowest BCUT2D eigenvalue weighted by atomic mass is 10.1. The quantitative estimate of drug-likeness (QED) is 0.517. The third-order valence-electron chi connectivity index (χ3n) is 6.70. The van der Waals surface area contributed by atoms with Crippen LogP contribution in [0.25, 0.3) is 11.4 Å². The van der Waals surface area contributed by atoms with E-state index in [-0.39, 0.29) is 37.7 Å². The van der Waals surface area contributed by atoms with Crippen LogP contribution in [-0.4, -0.2) is 55.8 Å². The van der Waals surface area contributed by atoms with Gasteiger partial charge in [0.15, 0.2) is 11.5 Å². The van der Waals surface area contributed by atoms with E-state index in [1.165, 1.54) is 4.80 Å². The first kappa shape index (κ1) is 23.8. The van der Waals surface area contributed by atoms with Crippen LogP contribution in [0.2, 0.25) is 0 Å². The Labute approximate surface area is 209 Å². The third-order valence-corrected chi connectivity index (χ3v) is 6.70. The number of amides is 2. The molecular formula is C26H30N6O4. The average molecular weight is 491 g/mol. The number of rotatable bonds is 8. The van der Waals surface area contributed by atoms with Gasteiger partial charge in [0, 0.05) is 18.2 Å². The van der Waals surface area contributed by atoms with Gasteiger partial charge in [0.2, 0.25) is 24.4 Å². The minimum atomic E-state index is -0.677. The SMILES string of the molecule is Cc1ccc(-c2nnn(CC(=O)N(Cc3ccc4c(c3)OCO4)C(C)C(=O)NC3CCCC3)n2)cc1. The van der Waals surface area contributed by atoms with Crippen molar-refractivity contribution in [2.75, 3.05) is 6.79 Å². The van der Waals surface area contributed by atoms with Gasteiger partial charge in [-0.25, -0.2) is 0 Å². The predicted octanol–water partition coefficient (Wildman–Crippen LogP) is 2.85. The molecule has 5 rings (SSSR count). The summed E-state index contributed by atoms with van der Waals surface area (Å²) < 4.78 is 10.9. The molecule has 1 atom stereocenters. The fourth-order valence-electron chi connectivity index (χ4n) is 4.55. The first-order valence-corrected chi connectivity index (χ1v) is 12.3. The van der Waals surface area contributed by atoms with Crippen molar-refractivity contribution in [2.45, 2.75) is 64.7 Å². The molecule has 1 aliphatic heterocycles. The number of aryl methyl sites for hydroxylation is 1. The van der Waals surface area contributed by atoms with E-state index in [4.69, 9.17) is 9.47 Å². The van der Waals surface area contributed by atoms with Crippen LogP contribution in [0.1, 0.15) is 43.7 Å². The lowest BCUT2D eigenvalue weighted by Gasteiger charge is -2.29. The summed E-state index contributed by atoms with van der Waals surface area (Å²) in [7, 11) is 0. The van der Waals surface area contributed by atoms with E-state index in [1.54, 1.807) is 11.8 Å². The first-order chi connectivity index (χ1) is 17.5. The molecule has 1 aliphatic carbocycles. The molecule has 0 saturated heterocycles. The molecule has 1 fully saturated rings. The molecule has 188 valence electrons. The van der Waals surface area contributed by atoms with E-state index in [2.05, 4.69) is 20.7 Å². The highest BCUT2D eigenvalue weighted by Gasteiger charge is 2.29. The Bertz CT molecular complexity index is 1240. The average Bonchev–Trinajstić information content (AvgIpc) is 3.64. The molecule has 10 nitrogen and oxygen atoms in total. The molecule has 2 aromatic carbocycles. The van der Waals surface area contributed by atoms with Crippen LogP contribution in [-0.2, 0) is 22.7 Å². The minimum Gasteiger partial charge on any atom is -0.454 e. The molecule has 2 heterocycles. The number of tetrazole rings is 1. The summed E-state index contributed by atoms with van der Waals surface area (Å²) in [6, 6.07) is 12.8. The van der Waals surface area contributed by atoms with Crippen molar-refractivity contribution < 1.29 is 19.1 Å². The Hall–Kier alpha value is -3.95. The highest BCUT2D eigenvalue weighted by atomic mass is 16.7. The van der Waals surface area contributed by atoms with Crippen LogP contribution in [0.3, 0.4) is 0 Å². The molecule has 2 amide bonds. The van der Waals surface area contributed by atoms with Gasteiger partial charge in [0.25, 0.3) is 0 Å². The fourth-order valence-corrected chi connectivity index (χ4v) is 4.55. The van der Waals surface area contributed by atoms with Crippen LogP contribution < -0.4 is 14.8 Å². The second-order valence-electron chi connectivity index (χ2n) is 9.38. The molecule has 0 bridgehead atoms. The number of carbonyl (C=O) groups is 2. The fraction of sp³-hybridized carbons (Fsp3) is 0.423. The van der Waals surface area contributed by atoms with Crippen molar-refractivity contribution in [2.24, 2.45) is 0 Å². The second-order valence-corrected chi connectivity index (χ2v) is 9.38. The maximum absolute atomic E-state index is 13.5. The number of hydrogen-bond donors (Lipinski definition) is 1. The molecule has 1 N–H and O–H groups in total. The molecular weight excluding hydrogens is 460 g/mol. The van der Waals surface area contributed by atoms with Crippen LogP contribution in [0.4, 0.5) is 0 Å². The summed E-state index contributed by atoms with van der Waals surface area (Å²) in [5, 5.41) is 15.7. The zero-order chi connectivity index (χ0) is 25.1. The van der Waals surface area contributed by atoms with E-state index in [0.717, 1.165) is 42.4 Å². The highest BCUT2D eigenvalue weighted by molar-refractivity contribution is 5.87. The maximum Gasteiger partial charge on any atom is 0.247 e. The summed E-state index contributed by atoms with van der Waals surface area (Å²) in [4.78, 5) is 29.4. The van der Waals surface area contributed by atoms with E-state index in [1.807, 2.05) is 49.4 Å². The molecule has 2 aliphatic rings. The van der Waals surface area contributed by atoms with Gasteiger partial charge in [0.05, 0.1) is 0 Å². The summed E-state index contributed by atoms with van der Waals surface area (Å²) in [5.41, 5.74) is 2.78. The first-order valence-electron chi connectivity index (χ1n) is 12.3. The minimum absolute atomic E-state index is 0.134. The zero-order valence-electron chi connectivity index (χ0n) is 20.5. The Kier molecular flexibility index (Phi) is 6.84. The molecule has 3 aromatic rings. The van der Waals surface area contributed by atoms with Crippen molar-refractivity contribution in [3.8, 4) is 22.9 Å². The Balaban J connectivity index is 1.33. The normalized spacial score (nSPS) is 15.6. The van der Waals surface area contributed by atoms with Gasteiger partial charge in [-0.2, -0.15) is 4.80 Å². The summed E-state index contributed by atoms with van der Waals surface area (Å²) in [6.45, 7) is 4.02. The number of carbonyl (C=O) groups excluding carboxylic acids is 2. The number of aromatic nitrogens is 4. The van der Waals surface area contributed by atoms with Crippen LogP contribution in [0.15, 0.2) is 42.5 Å². The number of nitrogens with zero attached hydrogens (tertiary/aromatic N) is 5. The summed E-state index contributed by atoms with van der Waals surface area (Å²) in [6.07, 6.45) is 4.17. The van der Waals surface area contributed by atoms with Gasteiger partial charge in [0.1, 0.15) is 12.6 Å². The van der Waals surface area contributed by atoms with Gasteiger partial charge < -0.3 is 19.7 Å². The molecule has 1 unspecified atom stereocenters. The van der Waals surface area contributed by atoms with Crippen molar-refractivity contribution in [1.29, 1.82) is 0 Å². The summed E-state index contributed by atoms with van der Waals surface area (Å²) in [5.74, 6) is 1.29. The van der Waals surface area contributed by atoms with Crippen molar-refractivity contribution in [1.82, 2.24) is 30.4 Å². The Morgan fingerprint density at radius 3 is 2.64 bits per heavy atom. The number of ether oxygens (including phenoxy) is 2. The number of benzene rings is 2. The van der Waals surface area contributed by atoms with Crippen molar-refractivity contribution in [3.63, 3.8) is 0 Å². The van der Waals surface area contributed by atoms with Gasteiger partial charge >= 0.3 is 0 Å². The largest absolute Gasteiger partial charge is 0.454 e. The second kappa shape index (κ2) is 10.3.